The number of thiocarbonyl (C=S) groups is 1. The number of halogens is 3. The van der Waals surface area contributed by atoms with Gasteiger partial charge in [0.05, 0.1) is 16.2 Å². The lowest BCUT2D eigenvalue weighted by Gasteiger charge is -2.16. The SMILES string of the molecule is Cc1c(/C=C2/SC(=S)N(c3cccc(C(F)(F)F)c3)C2=O)c2ccccc2n1C. The van der Waals surface area contributed by atoms with Gasteiger partial charge in [-0.25, -0.2) is 0 Å². The second kappa shape index (κ2) is 7.03. The molecule has 1 fully saturated rings. The van der Waals surface area contributed by atoms with E-state index in [1.807, 2.05) is 42.8 Å². The van der Waals surface area contributed by atoms with Crippen molar-refractivity contribution >= 4 is 56.9 Å². The molecule has 1 saturated heterocycles. The van der Waals surface area contributed by atoms with Gasteiger partial charge in [0.1, 0.15) is 0 Å². The predicted molar refractivity (Wildman–Crippen MR) is 115 cm³/mol. The van der Waals surface area contributed by atoms with Gasteiger partial charge in [0.2, 0.25) is 0 Å². The maximum absolute atomic E-state index is 13.1. The Balaban J connectivity index is 1.76. The maximum atomic E-state index is 13.1. The first-order valence-electron chi connectivity index (χ1n) is 8.67. The first-order valence-corrected chi connectivity index (χ1v) is 9.90. The number of amides is 1. The molecule has 3 aromatic rings. The van der Waals surface area contributed by atoms with Crippen molar-refractivity contribution in [3.05, 3.63) is 70.3 Å². The molecule has 1 amide bonds. The second-order valence-electron chi connectivity index (χ2n) is 6.64. The van der Waals surface area contributed by atoms with E-state index in [4.69, 9.17) is 12.2 Å². The fraction of sp³-hybridized carbons (Fsp3) is 0.143. The summed E-state index contributed by atoms with van der Waals surface area (Å²) in [6.45, 7) is 1.96. The van der Waals surface area contributed by atoms with E-state index in [9.17, 15) is 18.0 Å². The van der Waals surface area contributed by atoms with Crippen LogP contribution in [0.3, 0.4) is 0 Å². The van der Waals surface area contributed by atoms with Crippen molar-refractivity contribution in [2.24, 2.45) is 7.05 Å². The minimum atomic E-state index is -4.49. The fourth-order valence-corrected chi connectivity index (χ4v) is 4.66. The number of hydrogen-bond acceptors (Lipinski definition) is 3. The molecule has 0 saturated carbocycles. The van der Waals surface area contributed by atoms with Crippen molar-refractivity contribution in [1.29, 1.82) is 0 Å². The molecule has 8 heteroatoms. The van der Waals surface area contributed by atoms with Gasteiger partial charge in [0, 0.05) is 29.2 Å². The minimum absolute atomic E-state index is 0.111. The topological polar surface area (TPSA) is 25.2 Å². The number of anilines is 1. The Morgan fingerprint density at radius 3 is 2.55 bits per heavy atom. The molecule has 1 aliphatic heterocycles. The molecule has 2 aromatic carbocycles. The van der Waals surface area contributed by atoms with Gasteiger partial charge in [-0.3, -0.25) is 9.69 Å². The number of fused-ring (bicyclic) bond motifs is 1. The lowest BCUT2D eigenvalue weighted by atomic mass is 10.1. The third kappa shape index (κ3) is 3.36. The Hall–Kier alpha value is -2.58. The third-order valence-corrected chi connectivity index (χ3v) is 6.25. The Morgan fingerprint density at radius 1 is 1.10 bits per heavy atom. The summed E-state index contributed by atoms with van der Waals surface area (Å²) in [4.78, 5) is 14.5. The van der Waals surface area contributed by atoms with Crippen LogP contribution in [0.4, 0.5) is 18.9 Å². The van der Waals surface area contributed by atoms with Crippen molar-refractivity contribution < 1.29 is 18.0 Å². The zero-order valence-electron chi connectivity index (χ0n) is 15.4. The molecule has 0 aliphatic carbocycles. The molecule has 0 radical (unpaired) electrons. The van der Waals surface area contributed by atoms with Gasteiger partial charge in [0.15, 0.2) is 4.32 Å². The van der Waals surface area contributed by atoms with Gasteiger partial charge in [-0.05, 0) is 37.3 Å². The summed E-state index contributed by atoms with van der Waals surface area (Å²) < 4.78 is 41.4. The van der Waals surface area contributed by atoms with Crippen LogP contribution in [0.15, 0.2) is 53.4 Å². The second-order valence-corrected chi connectivity index (χ2v) is 8.32. The number of thioether (sulfide) groups is 1. The largest absolute Gasteiger partial charge is 0.416 e. The number of carbonyl (C=O) groups is 1. The molecular formula is C21H15F3N2OS2. The zero-order chi connectivity index (χ0) is 20.9. The highest BCUT2D eigenvalue weighted by atomic mass is 32.2. The van der Waals surface area contributed by atoms with Gasteiger partial charge in [-0.15, -0.1) is 0 Å². The molecule has 0 atom stereocenters. The van der Waals surface area contributed by atoms with Gasteiger partial charge in [-0.1, -0.05) is 48.2 Å². The maximum Gasteiger partial charge on any atom is 0.416 e. The van der Waals surface area contributed by atoms with E-state index in [0.29, 0.717) is 4.91 Å². The number of rotatable bonds is 2. The number of nitrogens with zero attached hydrogens (tertiary/aromatic N) is 2. The van der Waals surface area contributed by atoms with Gasteiger partial charge in [-0.2, -0.15) is 13.2 Å². The summed E-state index contributed by atoms with van der Waals surface area (Å²) in [6.07, 6.45) is -2.73. The molecule has 4 rings (SSSR count). The first kappa shape index (κ1) is 19.7. The van der Waals surface area contributed by atoms with Crippen molar-refractivity contribution in [1.82, 2.24) is 4.57 Å². The molecule has 3 nitrogen and oxygen atoms in total. The molecule has 0 bridgehead atoms. The average Bonchev–Trinajstić information content (AvgIpc) is 3.09. The van der Waals surface area contributed by atoms with Crippen LogP contribution in [0.2, 0.25) is 0 Å². The number of carbonyl (C=O) groups excluding carboxylic acids is 1. The van der Waals surface area contributed by atoms with Crippen LogP contribution in [-0.2, 0) is 18.0 Å². The highest BCUT2D eigenvalue weighted by Gasteiger charge is 2.36. The average molecular weight is 432 g/mol. The smallest absolute Gasteiger partial charge is 0.347 e. The number of aryl methyl sites for hydroxylation is 1. The number of benzene rings is 2. The minimum Gasteiger partial charge on any atom is -0.347 e. The lowest BCUT2D eigenvalue weighted by molar-refractivity contribution is -0.137. The summed E-state index contributed by atoms with van der Waals surface area (Å²) in [6, 6.07) is 12.5. The molecule has 1 aromatic heterocycles. The summed E-state index contributed by atoms with van der Waals surface area (Å²) in [5.74, 6) is -0.424. The quantitative estimate of drug-likeness (QED) is 0.372. The number of alkyl halides is 3. The van der Waals surface area contributed by atoms with E-state index in [0.717, 1.165) is 51.0 Å². The van der Waals surface area contributed by atoms with Crippen LogP contribution < -0.4 is 4.90 Å². The van der Waals surface area contributed by atoms with Gasteiger partial charge in [0.25, 0.3) is 5.91 Å². The number of aromatic nitrogens is 1. The fourth-order valence-electron chi connectivity index (χ4n) is 3.38. The van der Waals surface area contributed by atoms with Crippen molar-refractivity contribution in [2.75, 3.05) is 4.90 Å². The molecular weight excluding hydrogens is 417 g/mol. The molecule has 1 aliphatic rings. The molecule has 148 valence electrons. The van der Waals surface area contributed by atoms with E-state index in [-0.39, 0.29) is 10.0 Å². The zero-order valence-corrected chi connectivity index (χ0v) is 17.1. The van der Waals surface area contributed by atoms with Crippen LogP contribution >= 0.6 is 24.0 Å². The highest BCUT2D eigenvalue weighted by molar-refractivity contribution is 8.27. The number of hydrogen-bond donors (Lipinski definition) is 0. The third-order valence-electron chi connectivity index (χ3n) is 4.95. The van der Waals surface area contributed by atoms with E-state index < -0.39 is 17.6 Å². The van der Waals surface area contributed by atoms with Crippen LogP contribution in [0.1, 0.15) is 16.8 Å². The lowest BCUT2D eigenvalue weighted by Crippen LogP contribution is -2.27. The molecule has 0 N–H and O–H groups in total. The van der Waals surface area contributed by atoms with Crippen LogP contribution in [0.5, 0.6) is 0 Å². The van der Waals surface area contributed by atoms with Crippen LogP contribution in [0, 0.1) is 6.92 Å². The molecule has 29 heavy (non-hydrogen) atoms. The van der Waals surface area contributed by atoms with Crippen molar-refractivity contribution in [3.63, 3.8) is 0 Å². The summed E-state index contributed by atoms with van der Waals surface area (Å²) in [7, 11) is 1.95. The monoisotopic (exact) mass is 432 g/mol. The van der Waals surface area contributed by atoms with Crippen molar-refractivity contribution in [3.8, 4) is 0 Å². The Morgan fingerprint density at radius 2 is 1.83 bits per heavy atom. The first-order chi connectivity index (χ1) is 13.7. The van der Waals surface area contributed by atoms with E-state index in [1.165, 1.54) is 12.1 Å². The van der Waals surface area contributed by atoms with E-state index >= 15 is 0 Å². The standard InChI is InChI=1S/C21H15F3N2OS2/c1-12-16(15-8-3-4-9-17(15)25(12)2)11-18-19(27)26(20(28)29-18)14-7-5-6-13(10-14)21(22,23)24/h3-11H,1-2H3/b18-11+. The summed E-state index contributed by atoms with van der Waals surface area (Å²) in [5, 5.41) is 0.997. The summed E-state index contributed by atoms with van der Waals surface area (Å²) in [5.41, 5.74) is 2.20. The van der Waals surface area contributed by atoms with Gasteiger partial charge >= 0.3 is 6.18 Å². The Labute approximate surface area is 174 Å². The highest BCUT2D eigenvalue weighted by Crippen LogP contribution is 2.39. The normalized spacial score (nSPS) is 16.4. The van der Waals surface area contributed by atoms with E-state index in [1.54, 1.807) is 6.08 Å². The summed E-state index contributed by atoms with van der Waals surface area (Å²) >= 11 is 6.39. The predicted octanol–water partition coefficient (Wildman–Crippen LogP) is 5.91. The van der Waals surface area contributed by atoms with Crippen molar-refractivity contribution in [2.45, 2.75) is 13.1 Å². The van der Waals surface area contributed by atoms with E-state index in [2.05, 4.69) is 0 Å². The molecule has 0 spiro atoms. The van der Waals surface area contributed by atoms with Gasteiger partial charge < -0.3 is 4.57 Å². The Bertz CT molecular complexity index is 1190. The molecule has 2 heterocycles. The Kier molecular flexibility index (Phi) is 4.78. The number of para-hydroxylation sites is 1. The van der Waals surface area contributed by atoms with Crippen LogP contribution in [-0.4, -0.2) is 14.8 Å². The van der Waals surface area contributed by atoms with Crippen LogP contribution in [0.25, 0.3) is 17.0 Å². The molecule has 0 unspecified atom stereocenters.